The average Bonchev–Trinajstić information content (AvgIpc) is 2.40. The van der Waals surface area contributed by atoms with Crippen LogP contribution in [0.5, 0.6) is 5.75 Å². The number of amides is 1. The van der Waals surface area contributed by atoms with Crippen molar-refractivity contribution >= 4 is 11.6 Å². The highest BCUT2D eigenvalue weighted by atomic mass is 16.3. The Morgan fingerprint density at radius 1 is 1.35 bits per heavy atom. The van der Waals surface area contributed by atoms with E-state index in [0.29, 0.717) is 17.7 Å². The number of carbonyl (C=O) groups excluding carboxylic acids is 1. The standard InChI is InChI=1S/C15H24N2O3/c1-4-5-15(20)17-12-6-7-14(19)13(8-12)11(3)16-10(2)9-18/h6-8,10-11,16,18-19H,4-5,9H2,1-3H3,(H,17,20). The topological polar surface area (TPSA) is 81.6 Å². The molecule has 0 saturated heterocycles. The highest BCUT2D eigenvalue weighted by molar-refractivity contribution is 5.90. The molecule has 0 aliphatic carbocycles. The summed E-state index contributed by atoms with van der Waals surface area (Å²) >= 11 is 0. The molecule has 5 nitrogen and oxygen atoms in total. The van der Waals surface area contributed by atoms with Crippen molar-refractivity contribution in [2.24, 2.45) is 0 Å². The molecule has 1 aromatic carbocycles. The van der Waals surface area contributed by atoms with Crippen LogP contribution in [0.3, 0.4) is 0 Å². The lowest BCUT2D eigenvalue weighted by Crippen LogP contribution is -2.31. The van der Waals surface area contributed by atoms with Crippen molar-refractivity contribution in [2.75, 3.05) is 11.9 Å². The Morgan fingerprint density at radius 2 is 2.05 bits per heavy atom. The van der Waals surface area contributed by atoms with E-state index in [1.807, 2.05) is 20.8 Å². The molecule has 2 atom stereocenters. The van der Waals surface area contributed by atoms with E-state index in [-0.39, 0.29) is 30.3 Å². The molecule has 1 amide bonds. The highest BCUT2D eigenvalue weighted by Gasteiger charge is 2.14. The maximum atomic E-state index is 11.6. The van der Waals surface area contributed by atoms with Gasteiger partial charge in [-0.2, -0.15) is 0 Å². The Balaban J connectivity index is 2.82. The summed E-state index contributed by atoms with van der Waals surface area (Å²) < 4.78 is 0. The summed E-state index contributed by atoms with van der Waals surface area (Å²) in [7, 11) is 0. The summed E-state index contributed by atoms with van der Waals surface area (Å²) in [6.07, 6.45) is 1.27. The Hall–Kier alpha value is -1.59. The minimum absolute atomic E-state index is 0.0258. The lowest BCUT2D eigenvalue weighted by molar-refractivity contribution is -0.116. The van der Waals surface area contributed by atoms with Gasteiger partial charge in [-0.1, -0.05) is 6.92 Å². The summed E-state index contributed by atoms with van der Waals surface area (Å²) in [6, 6.07) is 4.81. The van der Waals surface area contributed by atoms with Gasteiger partial charge in [0.05, 0.1) is 6.61 Å². The second-order valence-corrected chi connectivity index (χ2v) is 5.04. The monoisotopic (exact) mass is 280 g/mol. The minimum Gasteiger partial charge on any atom is -0.508 e. The maximum absolute atomic E-state index is 11.6. The van der Waals surface area contributed by atoms with Gasteiger partial charge < -0.3 is 20.8 Å². The van der Waals surface area contributed by atoms with E-state index >= 15 is 0 Å². The van der Waals surface area contributed by atoms with Crippen LogP contribution in [-0.4, -0.2) is 28.8 Å². The summed E-state index contributed by atoms with van der Waals surface area (Å²) in [5.74, 6) is 0.136. The number of carbonyl (C=O) groups is 1. The molecular formula is C15H24N2O3. The smallest absolute Gasteiger partial charge is 0.224 e. The van der Waals surface area contributed by atoms with E-state index < -0.39 is 0 Å². The van der Waals surface area contributed by atoms with Crippen molar-refractivity contribution in [3.05, 3.63) is 23.8 Å². The van der Waals surface area contributed by atoms with Crippen molar-refractivity contribution in [1.82, 2.24) is 5.32 Å². The summed E-state index contributed by atoms with van der Waals surface area (Å²) in [6.45, 7) is 5.74. The first kappa shape index (κ1) is 16.5. The van der Waals surface area contributed by atoms with Crippen molar-refractivity contribution in [3.63, 3.8) is 0 Å². The number of phenols is 1. The first-order valence-corrected chi connectivity index (χ1v) is 6.97. The molecule has 5 heteroatoms. The molecular weight excluding hydrogens is 256 g/mol. The fourth-order valence-electron chi connectivity index (χ4n) is 2.00. The van der Waals surface area contributed by atoms with Crippen LogP contribution in [-0.2, 0) is 4.79 Å². The van der Waals surface area contributed by atoms with Gasteiger partial charge >= 0.3 is 0 Å². The van der Waals surface area contributed by atoms with Crippen LogP contribution >= 0.6 is 0 Å². The lowest BCUT2D eigenvalue weighted by atomic mass is 10.1. The number of hydrogen-bond donors (Lipinski definition) is 4. The van der Waals surface area contributed by atoms with Gasteiger partial charge in [0.2, 0.25) is 5.91 Å². The van der Waals surface area contributed by atoms with E-state index in [1.165, 1.54) is 0 Å². The van der Waals surface area contributed by atoms with Crippen LogP contribution in [0.1, 0.15) is 45.2 Å². The third kappa shape index (κ3) is 4.83. The SMILES string of the molecule is CCCC(=O)Nc1ccc(O)c(C(C)NC(C)CO)c1. The van der Waals surface area contributed by atoms with Crippen molar-refractivity contribution in [1.29, 1.82) is 0 Å². The first-order valence-electron chi connectivity index (χ1n) is 6.97. The molecule has 0 heterocycles. The zero-order valence-corrected chi connectivity index (χ0v) is 12.3. The molecule has 20 heavy (non-hydrogen) atoms. The third-order valence-corrected chi connectivity index (χ3v) is 3.06. The minimum atomic E-state index is -0.125. The summed E-state index contributed by atoms with van der Waals surface area (Å²) in [5.41, 5.74) is 1.36. The predicted molar refractivity (Wildman–Crippen MR) is 79.7 cm³/mol. The normalized spacial score (nSPS) is 13.8. The Kier molecular flexibility index (Phi) is 6.48. The number of aliphatic hydroxyl groups excluding tert-OH is 1. The average molecular weight is 280 g/mol. The van der Waals surface area contributed by atoms with Crippen LogP contribution in [0, 0.1) is 0 Å². The van der Waals surface area contributed by atoms with Crippen molar-refractivity contribution in [3.8, 4) is 5.75 Å². The van der Waals surface area contributed by atoms with Gasteiger partial charge in [0.15, 0.2) is 0 Å². The fraction of sp³-hybridized carbons (Fsp3) is 0.533. The second kappa shape index (κ2) is 7.87. The largest absolute Gasteiger partial charge is 0.508 e. The van der Waals surface area contributed by atoms with Gasteiger partial charge in [-0.25, -0.2) is 0 Å². The molecule has 0 radical (unpaired) electrons. The zero-order valence-electron chi connectivity index (χ0n) is 12.3. The van der Waals surface area contributed by atoms with Crippen LogP contribution in [0.2, 0.25) is 0 Å². The number of phenolic OH excluding ortho intramolecular Hbond substituents is 1. The highest BCUT2D eigenvalue weighted by Crippen LogP contribution is 2.27. The van der Waals surface area contributed by atoms with Gasteiger partial charge in [-0.05, 0) is 38.5 Å². The summed E-state index contributed by atoms with van der Waals surface area (Å²) in [5, 5.41) is 24.9. The molecule has 112 valence electrons. The quantitative estimate of drug-likeness (QED) is 0.577. The van der Waals surface area contributed by atoms with E-state index in [9.17, 15) is 9.90 Å². The summed E-state index contributed by atoms with van der Waals surface area (Å²) in [4.78, 5) is 11.6. The number of nitrogens with one attached hydrogen (secondary N) is 2. The molecule has 0 saturated carbocycles. The third-order valence-electron chi connectivity index (χ3n) is 3.06. The molecule has 0 bridgehead atoms. The Morgan fingerprint density at radius 3 is 2.65 bits per heavy atom. The predicted octanol–water partition coefficient (Wildman–Crippen LogP) is 2.16. The molecule has 0 spiro atoms. The van der Waals surface area contributed by atoms with Crippen LogP contribution < -0.4 is 10.6 Å². The lowest BCUT2D eigenvalue weighted by Gasteiger charge is -2.20. The second-order valence-electron chi connectivity index (χ2n) is 5.04. The number of hydrogen-bond acceptors (Lipinski definition) is 4. The van der Waals surface area contributed by atoms with E-state index in [2.05, 4.69) is 10.6 Å². The van der Waals surface area contributed by atoms with Crippen LogP contribution in [0.25, 0.3) is 0 Å². The fourth-order valence-corrected chi connectivity index (χ4v) is 2.00. The van der Waals surface area contributed by atoms with Gasteiger partial charge in [-0.15, -0.1) is 0 Å². The molecule has 2 unspecified atom stereocenters. The van der Waals surface area contributed by atoms with E-state index in [0.717, 1.165) is 6.42 Å². The molecule has 0 aliphatic heterocycles. The number of rotatable bonds is 7. The molecule has 0 aromatic heterocycles. The maximum Gasteiger partial charge on any atom is 0.224 e. The molecule has 1 aromatic rings. The van der Waals surface area contributed by atoms with Gasteiger partial charge in [0, 0.05) is 29.8 Å². The number of benzene rings is 1. The first-order chi connectivity index (χ1) is 9.47. The molecule has 0 aliphatic rings. The van der Waals surface area contributed by atoms with Crippen molar-refractivity contribution in [2.45, 2.75) is 45.7 Å². The Bertz CT molecular complexity index is 449. The van der Waals surface area contributed by atoms with Crippen molar-refractivity contribution < 1.29 is 15.0 Å². The number of aliphatic hydroxyl groups is 1. The van der Waals surface area contributed by atoms with Gasteiger partial charge in [0.1, 0.15) is 5.75 Å². The van der Waals surface area contributed by atoms with E-state index in [4.69, 9.17) is 5.11 Å². The number of anilines is 1. The van der Waals surface area contributed by atoms with E-state index in [1.54, 1.807) is 18.2 Å². The Labute approximate surface area is 120 Å². The number of aromatic hydroxyl groups is 1. The van der Waals surface area contributed by atoms with Gasteiger partial charge in [0.25, 0.3) is 0 Å². The van der Waals surface area contributed by atoms with Crippen LogP contribution in [0.4, 0.5) is 5.69 Å². The zero-order chi connectivity index (χ0) is 15.1. The van der Waals surface area contributed by atoms with Crippen LogP contribution in [0.15, 0.2) is 18.2 Å². The van der Waals surface area contributed by atoms with Gasteiger partial charge in [-0.3, -0.25) is 4.79 Å². The molecule has 0 fully saturated rings. The molecule has 1 rings (SSSR count). The molecule has 4 N–H and O–H groups in total.